The molecule has 1 heterocycles. The molecule has 110 valence electrons. The molecule has 4 heteroatoms. The van der Waals surface area contributed by atoms with E-state index in [2.05, 4.69) is 5.32 Å². The fourth-order valence-corrected chi connectivity index (χ4v) is 5.18. The molecule has 2 aliphatic rings. The number of benzene rings is 1. The maximum Gasteiger partial charge on any atom is 0.178 e. The Balaban J connectivity index is 1.65. The lowest BCUT2D eigenvalue weighted by Crippen LogP contribution is -2.30. The van der Waals surface area contributed by atoms with Gasteiger partial charge in [-0.25, -0.2) is 8.42 Å². The Morgan fingerprint density at radius 2 is 1.85 bits per heavy atom. The SMILES string of the molecule is O=S1(=O)CCC(NCCC2CCCC2)c2ccccc21. The molecular weight excluding hydrogens is 270 g/mol. The van der Waals surface area contributed by atoms with Crippen molar-refractivity contribution in [2.24, 2.45) is 5.92 Å². The minimum atomic E-state index is -3.06. The van der Waals surface area contributed by atoms with Gasteiger partial charge in [-0.05, 0) is 36.9 Å². The number of rotatable bonds is 4. The molecular formula is C16H23NO2S. The lowest BCUT2D eigenvalue weighted by atomic mass is 10.0. The standard InChI is InChI=1S/C16H23NO2S/c18-20(19)12-10-15(14-7-3-4-8-16(14)20)17-11-9-13-5-1-2-6-13/h3-4,7-8,13,15,17H,1-2,5-6,9-12H2. The molecule has 0 radical (unpaired) electrons. The molecule has 1 aliphatic heterocycles. The summed E-state index contributed by atoms with van der Waals surface area (Å²) < 4.78 is 24.1. The van der Waals surface area contributed by atoms with Gasteiger partial charge in [0, 0.05) is 6.04 Å². The van der Waals surface area contributed by atoms with Crippen LogP contribution in [0.5, 0.6) is 0 Å². The van der Waals surface area contributed by atoms with Crippen LogP contribution in [0.2, 0.25) is 0 Å². The molecule has 1 atom stereocenters. The van der Waals surface area contributed by atoms with Gasteiger partial charge in [-0.3, -0.25) is 0 Å². The highest BCUT2D eigenvalue weighted by atomic mass is 32.2. The third kappa shape index (κ3) is 2.91. The molecule has 3 rings (SSSR count). The van der Waals surface area contributed by atoms with E-state index in [9.17, 15) is 8.42 Å². The fourth-order valence-electron chi connectivity index (χ4n) is 3.56. The summed E-state index contributed by atoms with van der Waals surface area (Å²) in [6.07, 6.45) is 7.44. The molecule has 1 fully saturated rings. The van der Waals surface area contributed by atoms with Crippen molar-refractivity contribution in [2.75, 3.05) is 12.3 Å². The Morgan fingerprint density at radius 3 is 2.65 bits per heavy atom. The van der Waals surface area contributed by atoms with Crippen LogP contribution in [-0.2, 0) is 9.84 Å². The zero-order valence-corrected chi connectivity index (χ0v) is 12.7. The van der Waals surface area contributed by atoms with Gasteiger partial charge in [-0.1, -0.05) is 43.9 Å². The summed E-state index contributed by atoms with van der Waals surface area (Å²) in [7, 11) is -3.06. The fraction of sp³-hybridized carbons (Fsp3) is 0.625. The van der Waals surface area contributed by atoms with E-state index in [0.717, 1.165) is 18.0 Å². The zero-order valence-electron chi connectivity index (χ0n) is 11.8. The van der Waals surface area contributed by atoms with E-state index in [1.807, 2.05) is 18.2 Å². The molecule has 1 saturated carbocycles. The third-order valence-electron chi connectivity index (χ3n) is 4.72. The number of hydrogen-bond acceptors (Lipinski definition) is 3. The summed E-state index contributed by atoms with van der Waals surface area (Å²) in [6, 6.07) is 7.66. The summed E-state index contributed by atoms with van der Waals surface area (Å²) >= 11 is 0. The lowest BCUT2D eigenvalue weighted by molar-refractivity contribution is 0.431. The minimum absolute atomic E-state index is 0.205. The highest BCUT2D eigenvalue weighted by Gasteiger charge is 2.29. The van der Waals surface area contributed by atoms with Crippen LogP contribution in [0.4, 0.5) is 0 Å². The lowest BCUT2D eigenvalue weighted by Gasteiger charge is -2.26. The smallest absolute Gasteiger partial charge is 0.178 e. The van der Waals surface area contributed by atoms with E-state index in [1.165, 1.54) is 32.1 Å². The van der Waals surface area contributed by atoms with Crippen molar-refractivity contribution >= 4 is 9.84 Å². The Morgan fingerprint density at radius 1 is 1.10 bits per heavy atom. The summed E-state index contributed by atoms with van der Waals surface area (Å²) in [5.41, 5.74) is 0.963. The minimum Gasteiger partial charge on any atom is -0.310 e. The van der Waals surface area contributed by atoms with E-state index in [0.29, 0.717) is 11.3 Å². The third-order valence-corrected chi connectivity index (χ3v) is 6.54. The van der Waals surface area contributed by atoms with Crippen molar-refractivity contribution in [1.29, 1.82) is 0 Å². The van der Waals surface area contributed by atoms with Gasteiger partial charge in [-0.2, -0.15) is 0 Å². The van der Waals surface area contributed by atoms with Crippen LogP contribution >= 0.6 is 0 Å². The van der Waals surface area contributed by atoms with Crippen LogP contribution in [0, 0.1) is 5.92 Å². The molecule has 0 bridgehead atoms. The van der Waals surface area contributed by atoms with Gasteiger partial charge in [0.1, 0.15) is 0 Å². The first-order valence-electron chi connectivity index (χ1n) is 7.72. The molecule has 3 nitrogen and oxygen atoms in total. The van der Waals surface area contributed by atoms with Gasteiger partial charge in [-0.15, -0.1) is 0 Å². The van der Waals surface area contributed by atoms with Crippen LogP contribution in [-0.4, -0.2) is 20.7 Å². The summed E-state index contributed by atoms with van der Waals surface area (Å²) in [4.78, 5) is 0.532. The number of sulfone groups is 1. The van der Waals surface area contributed by atoms with Crippen molar-refractivity contribution in [3.63, 3.8) is 0 Å². The maximum absolute atomic E-state index is 12.1. The molecule has 1 aliphatic carbocycles. The molecule has 0 saturated heterocycles. The van der Waals surface area contributed by atoms with Gasteiger partial charge in [0.15, 0.2) is 9.84 Å². The molecule has 0 aromatic heterocycles. The highest BCUT2D eigenvalue weighted by molar-refractivity contribution is 7.91. The van der Waals surface area contributed by atoms with E-state index < -0.39 is 9.84 Å². The Labute approximate surface area is 121 Å². The average Bonchev–Trinajstić information content (AvgIpc) is 2.95. The van der Waals surface area contributed by atoms with Crippen LogP contribution < -0.4 is 5.32 Å². The van der Waals surface area contributed by atoms with E-state index in [1.54, 1.807) is 6.07 Å². The quantitative estimate of drug-likeness (QED) is 0.928. The molecule has 20 heavy (non-hydrogen) atoms. The highest BCUT2D eigenvalue weighted by Crippen LogP contribution is 2.32. The Bertz CT molecular complexity index is 562. The van der Waals surface area contributed by atoms with Gasteiger partial charge >= 0.3 is 0 Å². The predicted molar refractivity (Wildman–Crippen MR) is 80.4 cm³/mol. The normalized spacial score (nSPS) is 25.5. The number of nitrogens with one attached hydrogen (secondary N) is 1. The molecule has 0 spiro atoms. The first kappa shape index (κ1) is 14.1. The maximum atomic E-state index is 12.1. The predicted octanol–water partition coefficient (Wildman–Crippen LogP) is 3.08. The van der Waals surface area contributed by atoms with Crippen molar-refractivity contribution < 1.29 is 8.42 Å². The Hall–Kier alpha value is -0.870. The monoisotopic (exact) mass is 293 g/mol. The molecule has 0 amide bonds. The van der Waals surface area contributed by atoms with E-state index >= 15 is 0 Å². The first-order valence-corrected chi connectivity index (χ1v) is 9.37. The summed E-state index contributed by atoms with van der Waals surface area (Å²) in [5, 5.41) is 3.58. The Kier molecular flexibility index (Phi) is 4.13. The zero-order chi connectivity index (χ0) is 14.0. The van der Waals surface area contributed by atoms with Crippen LogP contribution in [0.25, 0.3) is 0 Å². The van der Waals surface area contributed by atoms with Crippen LogP contribution in [0.1, 0.15) is 50.1 Å². The van der Waals surface area contributed by atoms with Gasteiger partial charge in [0.2, 0.25) is 0 Å². The van der Waals surface area contributed by atoms with Gasteiger partial charge in [0.25, 0.3) is 0 Å². The van der Waals surface area contributed by atoms with Gasteiger partial charge < -0.3 is 5.32 Å². The number of fused-ring (bicyclic) bond motifs is 1. The number of hydrogen-bond donors (Lipinski definition) is 1. The van der Waals surface area contributed by atoms with Crippen molar-refractivity contribution in [3.8, 4) is 0 Å². The largest absolute Gasteiger partial charge is 0.310 e. The summed E-state index contributed by atoms with van der Waals surface area (Å²) in [5.74, 6) is 1.15. The van der Waals surface area contributed by atoms with Crippen LogP contribution in [0.15, 0.2) is 29.2 Å². The molecule has 1 unspecified atom stereocenters. The second-order valence-electron chi connectivity index (χ2n) is 6.09. The molecule has 1 aromatic rings. The van der Waals surface area contributed by atoms with Crippen molar-refractivity contribution in [1.82, 2.24) is 5.32 Å². The first-order chi connectivity index (χ1) is 9.67. The molecule has 1 N–H and O–H groups in total. The second kappa shape index (κ2) is 5.86. The van der Waals surface area contributed by atoms with E-state index in [4.69, 9.17) is 0 Å². The topological polar surface area (TPSA) is 46.2 Å². The van der Waals surface area contributed by atoms with E-state index in [-0.39, 0.29) is 11.8 Å². The van der Waals surface area contributed by atoms with Gasteiger partial charge in [0.05, 0.1) is 10.6 Å². The average molecular weight is 293 g/mol. The van der Waals surface area contributed by atoms with Crippen molar-refractivity contribution in [3.05, 3.63) is 29.8 Å². The van der Waals surface area contributed by atoms with Crippen LogP contribution in [0.3, 0.4) is 0 Å². The summed E-state index contributed by atoms with van der Waals surface area (Å²) in [6.45, 7) is 1.00. The molecule has 1 aromatic carbocycles. The second-order valence-corrected chi connectivity index (χ2v) is 8.17. The van der Waals surface area contributed by atoms with Crippen molar-refractivity contribution in [2.45, 2.75) is 49.5 Å².